The molecule has 0 saturated carbocycles. The first-order valence-electron chi connectivity index (χ1n) is 18.3. The third kappa shape index (κ3) is 43.6. The maximum absolute atomic E-state index is 11.1. The summed E-state index contributed by atoms with van der Waals surface area (Å²) in [5, 5.41) is 0. The topological polar surface area (TPSA) is 52.6 Å². The van der Waals surface area contributed by atoms with Crippen LogP contribution >= 0.6 is 34.2 Å². The van der Waals surface area contributed by atoms with Gasteiger partial charge < -0.3 is 9.47 Å². The van der Waals surface area contributed by atoms with Gasteiger partial charge in [-0.1, -0.05) is 152 Å². The molecule has 0 heterocycles. The highest BCUT2D eigenvalue weighted by atomic mass is 127. The van der Waals surface area contributed by atoms with Gasteiger partial charge in [-0.05, 0) is 86.8 Å². The van der Waals surface area contributed by atoms with Crippen LogP contribution in [0.15, 0.2) is 24.3 Å². The average molecular weight is 753 g/mol. The molecule has 0 aromatic carbocycles. The number of alkyl halides is 2. The van der Waals surface area contributed by atoms with E-state index in [4.69, 9.17) is 16.3 Å². The Morgan fingerprint density at radius 1 is 0.477 bits per heavy atom. The van der Waals surface area contributed by atoms with Crippen LogP contribution in [0.3, 0.4) is 0 Å². The molecular formula is C38H70ClIO4. The third-order valence-corrected chi connectivity index (χ3v) is 8.14. The summed E-state index contributed by atoms with van der Waals surface area (Å²) in [4.78, 5) is 22.2. The summed E-state index contributed by atoms with van der Waals surface area (Å²) in [7, 11) is 0. The zero-order valence-electron chi connectivity index (χ0n) is 28.9. The Kier molecular flexibility index (Phi) is 43.9. The SMILES string of the molecule is CCCCCCCC/C=C/CCCCCCCC(=O)OCCl.CCCCCCCC/C=C/CCCCCCCC(=O)OCI. The second kappa shape index (κ2) is 42.4. The zero-order chi connectivity index (χ0) is 32.6. The van der Waals surface area contributed by atoms with E-state index in [0.29, 0.717) is 17.5 Å². The highest BCUT2D eigenvalue weighted by Gasteiger charge is 2.01. The van der Waals surface area contributed by atoms with Gasteiger partial charge in [0.15, 0.2) is 6.07 Å². The molecule has 44 heavy (non-hydrogen) atoms. The Labute approximate surface area is 292 Å². The van der Waals surface area contributed by atoms with Gasteiger partial charge in [0, 0.05) is 12.8 Å². The van der Waals surface area contributed by atoms with Crippen molar-refractivity contribution in [2.45, 2.75) is 194 Å². The smallest absolute Gasteiger partial charge is 0.306 e. The fraction of sp³-hybridized carbons (Fsp3) is 0.842. The molecule has 0 saturated heterocycles. The van der Waals surface area contributed by atoms with Crippen molar-refractivity contribution in [3.8, 4) is 0 Å². The summed E-state index contributed by atoms with van der Waals surface area (Å²) in [6, 6.07) is -0.0239. The number of allylic oxidation sites excluding steroid dienone is 4. The fourth-order valence-corrected chi connectivity index (χ4v) is 5.42. The minimum Gasteiger partial charge on any atom is -0.455 e. The summed E-state index contributed by atoms with van der Waals surface area (Å²) in [6.45, 7) is 4.53. The molecule has 0 aromatic rings. The van der Waals surface area contributed by atoms with E-state index in [1.807, 2.05) is 0 Å². The maximum Gasteiger partial charge on any atom is 0.306 e. The molecule has 0 atom stereocenters. The quantitative estimate of drug-likeness (QED) is 0.0226. The maximum atomic E-state index is 11.1. The second-order valence-electron chi connectivity index (χ2n) is 11.9. The Balaban J connectivity index is 0. The van der Waals surface area contributed by atoms with Gasteiger partial charge in [0.05, 0.1) is 0 Å². The molecule has 0 aliphatic carbocycles. The molecule has 6 heteroatoms. The zero-order valence-corrected chi connectivity index (χ0v) is 31.8. The normalized spacial score (nSPS) is 11.2. The van der Waals surface area contributed by atoms with E-state index >= 15 is 0 Å². The largest absolute Gasteiger partial charge is 0.455 e. The summed E-state index contributed by atoms with van der Waals surface area (Å²) >= 11 is 7.37. The van der Waals surface area contributed by atoms with Crippen LogP contribution in [0.5, 0.6) is 0 Å². The Hall–Kier alpha value is -0.560. The number of esters is 2. The first-order chi connectivity index (χ1) is 21.6. The molecule has 0 fully saturated rings. The number of hydrogen-bond acceptors (Lipinski definition) is 4. The van der Waals surface area contributed by atoms with Crippen molar-refractivity contribution in [2.24, 2.45) is 0 Å². The minimum atomic E-state index is -0.173. The van der Waals surface area contributed by atoms with E-state index in [-0.39, 0.29) is 18.0 Å². The van der Waals surface area contributed by atoms with Gasteiger partial charge in [0.1, 0.15) is 4.61 Å². The van der Waals surface area contributed by atoms with Crippen LogP contribution in [0.1, 0.15) is 194 Å². The molecule has 0 spiro atoms. The van der Waals surface area contributed by atoms with Crippen molar-refractivity contribution in [3.63, 3.8) is 0 Å². The molecule has 0 aliphatic rings. The first-order valence-corrected chi connectivity index (χ1v) is 20.4. The monoisotopic (exact) mass is 752 g/mol. The molecule has 0 bridgehead atoms. The molecule has 0 aromatic heterocycles. The van der Waals surface area contributed by atoms with Gasteiger partial charge in [-0.15, -0.1) is 0 Å². The van der Waals surface area contributed by atoms with Gasteiger partial charge >= 0.3 is 11.9 Å². The van der Waals surface area contributed by atoms with Crippen molar-refractivity contribution in [2.75, 3.05) is 10.7 Å². The number of carbonyl (C=O) groups is 2. The number of carbonyl (C=O) groups excluding carboxylic acids is 2. The highest BCUT2D eigenvalue weighted by Crippen LogP contribution is 2.12. The van der Waals surface area contributed by atoms with Crippen LogP contribution in [-0.2, 0) is 19.1 Å². The van der Waals surface area contributed by atoms with Crippen LogP contribution < -0.4 is 0 Å². The van der Waals surface area contributed by atoms with E-state index in [2.05, 4.69) is 65.5 Å². The van der Waals surface area contributed by atoms with Crippen molar-refractivity contribution in [3.05, 3.63) is 24.3 Å². The van der Waals surface area contributed by atoms with Crippen LogP contribution in [-0.4, -0.2) is 22.6 Å². The van der Waals surface area contributed by atoms with Gasteiger partial charge in [-0.2, -0.15) is 0 Å². The predicted molar refractivity (Wildman–Crippen MR) is 201 cm³/mol. The predicted octanol–water partition coefficient (Wildman–Crippen LogP) is 13.7. The minimum absolute atomic E-state index is 0.0239. The van der Waals surface area contributed by atoms with E-state index < -0.39 is 0 Å². The molecule has 0 unspecified atom stereocenters. The van der Waals surface area contributed by atoms with Gasteiger partial charge in [-0.25, -0.2) is 0 Å². The van der Waals surface area contributed by atoms with E-state index in [9.17, 15) is 9.59 Å². The third-order valence-electron chi connectivity index (χ3n) is 7.72. The molecule has 4 nitrogen and oxygen atoms in total. The van der Waals surface area contributed by atoms with Crippen LogP contribution in [0.2, 0.25) is 0 Å². The van der Waals surface area contributed by atoms with Crippen LogP contribution in [0.25, 0.3) is 0 Å². The summed E-state index contributed by atoms with van der Waals surface area (Å²) in [6.07, 6.45) is 43.7. The number of rotatable bonds is 32. The van der Waals surface area contributed by atoms with Crippen LogP contribution in [0.4, 0.5) is 0 Å². The Morgan fingerprint density at radius 2 is 0.773 bits per heavy atom. The summed E-state index contributed by atoms with van der Waals surface area (Å²) < 4.78 is 10.1. The van der Waals surface area contributed by atoms with Crippen molar-refractivity contribution >= 4 is 46.1 Å². The number of halogens is 2. The standard InChI is InChI=1S/C19H35ClO2.C19H35IO2/c2*1-2-3-4-5-6-7-8-9-10-11-12-13-14-15-16-17-19(21)22-18-20/h2*9-10H,2-8,11-18H2,1H3/b2*10-9+. The highest BCUT2D eigenvalue weighted by molar-refractivity contribution is 14.1. The molecule has 0 N–H and O–H groups in total. The van der Waals surface area contributed by atoms with E-state index in [0.717, 1.165) is 25.7 Å². The Bertz CT molecular complexity index is 584. The molecule has 260 valence electrons. The number of hydrogen-bond donors (Lipinski definition) is 0. The molecule has 0 amide bonds. The number of unbranched alkanes of at least 4 members (excludes halogenated alkanes) is 22. The van der Waals surface area contributed by atoms with E-state index in [1.165, 1.54) is 141 Å². The average Bonchev–Trinajstić information content (AvgIpc) is 3.01. The van der Waals surface area contributed by atoms with Gasteiger partial charge in [-0.3, -0.25) is 9.59 Å². The fourth-order valence-electron chi connectivity index (χ4n) is 4.95. The lowest BCUT2D eigenvalue weighted by atomic mass is 10.1. The molecule has 0 radical (unpaired) electrons. The molecular weight excluding hydrogens is 683 g/mol. The summed E-state index contributed by atoms with van der Waals surface area (Å²) in [5.74, 6) is -0.223. The van der Waals surface area contributed by atoms with Gasteiger partial charge in [0.2, 0.25) is 0 Å². The van der Waals surface area contributed by atoms with Crippen molar-refractivity contribution in [1.82, 2.24) is 0 Å². The first kappa shape index (κ1) is 45.6. The molecule has 0 aliphatic heterocycles. The lowest BCUT2D eigenvalue weighted by Gasteiger charge is -2.01. The van der Waals surface area contributed by atoms with Crippen molar-refractivity contribution in [1.29, 1.82) is 0 Å². The summed E-state index contributed by atoms with van der Waals surface area (Å²) in [5.41, 5.74) is 0. The second-order valence-corrected chi connectivity index (χ2v) is 12.8. The Morgan fingerprint density at radius 3 is 1.09 bits per heavy atom. The van der Waals surface area contributed by atoms with Crippen LogP contribution in [0, 0.1) is 0 Å². The lowest BCUT2D eigenvalue weighted by Crippen LogP contribution is -2.01. The lowest BCUT2D eigenvalue weighted by molar-refractivity contribution is -0.142. The van der Waals surface area contributed by atoms with E-state index in [1.54, 1.807) is 0 Å². The van der Waals surface area contributed by atoms with Gasteiger partial charge in [0.25, 0.3) is 0 Å². The number of ether oxygens (including phenoxy) is 2. The van der Waals surface area contributed by atoms with Crippen molar-refractivity contribution < 1.29 is 19.1 Å². The molecule has 0 rings (SSSR count).